The minimum atomic E-state index is 1.05. The molecule has 2 aliphatic rings. The van der Waals surface area contributed by atoms with Gasteiger partial charge in [0, 0.05) is 0 Å². The van der Waals surface area contributed by atoms with E-state index in [9.17, 15) is 0 Å². The molecule has 2 fully saturated rings. The van der Waals surface area contributed by atoms with Crippen molar-refractivity contribution in [2.75, 3.05) is 0 Å². The molecule has 2 aliphatic carbocycles. The number of rotatable bonds is 6. The highest BCUT2D eigenvalue weighted by molar-refractivity contribution is 4.65. The van der Waals surface area contributed by atoms with E-state index < -0.39 is 0 Å². The third kappa shape index (κ3) is 21.5. The van der Waals surface area contributed by atoms with Gasteiger partial charge in [0.15, 0.2) is 0 Å². The first-order valence-electron chi connectivity index (χ1n) is 18.4. The van der Waals surface area contributed by atoms with Crippen molar-refractivity contribution in [3.05, 3.63) is 0 Å². The molecular weight excluding hydrogens is 444 g/mol. The van der Waals surface area contributed by atoms with Crippen molar-refractivity contribution < 1.29 is 0 Å². The molecule has 0 heteroatoms. The van der Waals surface area contributed by atoms with Crippen LogP contribution in [-0.2, 0) is 0 Å². The molecule has 0 heterocycles. The molecule has 2 saturated carbocycles. The zero-order valence-electron chi connectivity index (χ0n) is 25.9. The molecule has 0 N–H and O–H groups in total. The van der Waals surface area contributed by atoms with Gasteiger partial charge < -0.3 is 0 Å². The molecule has 0 saturated heterocycles. The van der Waals surface area contributed by atoms with Gasteiger partial charge in [0.2, 0.25) is 0 Å². The standard InChI is InChI=1S/C37H72/c1-3-7-11-15-19-24-30-36(31-25-20-16-12-8-4-1)34-28-23-29-35-37-32-26-21-17-13-9-5-2-6-10-14-18-22-27-33-37/h36-37H,1-35H2. The largest absolute Gasteiger partial charge is 0.0533 e. The van der Waals surface area contributed by atoms with Crippen LogP contribution < -0.4 is 0 Å². The summed E-state index contributed by atoms with van der Waals surface area (Å²) < 4.78 is 0. The van der Waals surface area contributed by atoms with Crippen LogP contribution in [0.15, 0.2) is 0 Å². The maximum Gasteiger partial charge on any atom is -0.0414 e. The molecule has 0 amide bonds. The van der Waals surface area contributed by atoms with Gasteiger partial charge in [0.25, 0.3) is 0 Å². The van der Waals surface area contributed by atoms with Crippen LogP contribution in [0.2, 0.25) is 0 Å². The smallest absolute Gasteiger partial charge is 0.0414 e. The van der Waals surface area contributed by atoms with Crippen molar-refractivity contribution in [2.24, 2.45) is 11.8 Å². The first-order chi connectivity index (χ1) is 18.4. The monoisotopic (exact) mass is 517 g/mol. The molecular formula is C37H72. The van der Waals surface area contributed by atoms with Crippen LogP contribution in [0.1, 0.15) is 225 Å². The van der Waals surface area contributed by atoms with Crippen LogP contribution in [0.5, 0.6) is 0 Å². The number of hydrogen-bond donors (Lipinski definition) is 0. The second-order valence-corrected chi connectivity index (χ2v) is 13.7. The lowest BCUT2D eigenvalue weighted by Gasteiger charge is -2.19. The van der Waals surface area contributed by atoms with E-state index in [4.69, 9.17) is 0 Å². The zero-order valence-corrected chi connectivity index (χ0v) is 25.9. The van der Waals surface area contributed by atoms with E-state index in [1.54, 1.807) is 38.5 Å². The molecule has 0 aromatic heterocycles. The first-order valence-corrected chi connectivity index (χ1v) is 18.4. The Kier molecular flexibility index (Phi) is 23.5. The van der Waals surface area contributed by atoms with Crippen LogP contribution in [0, 0.1) is 11.8 Å². The van der Waals surface area contributed by atoms with Gasteiger partial charge >= 0.3 is 0 Å². The molecule has 0 unspecified atom stereocenters. The van der Waals surface area contributed by atoms with Gasteiger partial charge in [-0.1, -0.05) is 225 Å². The van der Waals surface area contributed by atoms with E-state index in [0.717, 1.165) is 11.8 Å². The van der Waals surface area contributed by atoms with Gasteiger partial charge in [-0.25, -0.2) is 0 Å². The normalized spacial score (nSPS) is 24.0. The van der Waals surface area contributed by atoms with Crippen molar-refractivity contribution >= 4 is 0 Å². The second kappa shape index (κ2) is 26.2. The van der Waals surface area contributed by atoms with E-state index in [1.165, 1.54) is 186 Å². The Bertz CT molecular complexity index is 367. The predicted octanol–water partition coefficient (Wildman–Crippen LogP) is 13.9. The van der Waals surface area contributed by atoms with E-state index in [0.29, 0.717) is 0 Å². The first kappa shape index (κ1) is 33.2. The van der Waals surface area contributed by atoms with E-state index in [1.807, 2.05) is 0 Å². The van der Waals surface area contributed by atoms with Crippen LogP contribution >= 0.6 is 0 Å². The molecule has 0 nitrogen and oxygen atoms in total. The fourth-order valence-corrected chi connectivity index (χ4v) is 7.53. The molecule has 0 atom stereocenters. The summed E-state index contributed by atoms with van der Waals surface area (Å²) in [4.78, 5) is 0. The van der Waals surface area contributed by atoms with Gasteiger partial charge in [0.05, 0.1) is 0 Å². The lowest BCUT2D eigenvalue weighted by atomic mass is 9.87. The van der Waals surface area contributed by atoms with E-state index in [2.05, 4.69) is 0 Å². The fraction of sp³-hybridized carbons (Fsp3) is 1.00. The van der Waals surface area contributed by atoms with Crippen molar-refractivity contribution in [1.82, 2.24) is 0 Å². The molecule has 2 rings (SSSR count). The summed E-state index contributed by atoms with van der Waals surface area (Å²) in [5.41, 5.74) is 0. The lowest BCUT2D eigenvalue weighted by Crippen LogP contribution is -2.03. The molecule has 0 aliphatic heterocycles. The summed E-state index contributed by atoms with van der Waals surface area (Å²) in [5.74, 6) is 2.10. The van der Waals surface area contributed by atoms with Crippen LogP contribution in [0.4, 0.5) is 0 Å². The molecule has 0 radical (unpaired) electrons. The highest BCUT2D eigenvalue weighted by Gasteiger charge is 2.12. The number of hydrogen-bond acceptors (Lipinski definition) is 0. The highest BCUT2D eigenvalue weighted by atomic mass is 14.2. The Balaban J connectivity index is 1.61. The van der Waals surface area contributed by atoms with Crippen molar-refractivity contribution in [3.8, 4) is 0 Å². The van der Waals surface area contributed by atoms with Gasteiger partial charge in [-0.15, -0.1) is 0 Å². The average Bonchev–Trinajstić information content (AvgIpc) is 2.90. The Labute approximate surface area is 236 Å². The van der Waals surface area contributed by atoms with Gasteiger partial charge in [-0.2, -0.15) is 0 Å². The van der Waals surface area contributed by atoms with Crippen LogP contribution in [0.25, 0.3) is 0 Å². The minimum absolute atomic E-state index is 1.05. The molecule has 220 valence electrons. The summed E-state index contributed by atoms with van der Waals surface area (Å²) in [5, 5.41) is 0. The molecule has 0 spiro atoms. The Morgan fingerprint density at radius 3 is 0.622 bits per heavy atom. The van der Waals surface area contributed by atoms with Gasteiger partial charge in [0.1, 0.15) is 0 Å². The lowest BCUT2D eigenvalue weighted by molar-refractivity contribution is 0.345. The Morgan fingerprint density at radius 2 is 0.405 bits per heavy atom. The zero-order chi connectivity index (χ0) is 25.9. The third-order valence-electron chi connectivity index (χ3n) is 10.2. The number of unbranched alkanes of at least 4 members (excludes halogenated alkanes) is 2. The maximum absolute atomic E-state index is 1.55. The SMILES string of the molecule is C1CCCCCCCC(CCCCCC2CCCCCCCCCCCCCCC2)CCCCCCC1. The van der Waals surface area contributed by atoms with Crippen LogP contribution in [-0.4, -0.2) is 0 Å². The molecule has 0 bridgehead atoms. The molecule has 37 heavy (non-hydrogen) atoms. The third-order valence-corrected chi connectivity index (χ3v) is 10.2. The molecule has 0 aromatic rings. The quantitative estimate of drug-likeness (QED) is 0.308. The Morgan fingerprint density at radius 1 is 0.216 bits per heavy atom. The average molecular weight is 517 g/mol. The van der Waals surface area contributed by atoms with Gasteiger partial charge in [-0.05, 0) is 11.8 Å². The second-order valence-electron chi connectivity index (χ2n) is 13.7. The fourth-order valence-electron chi connectivity index (χ4n) is 7.53. The van der Waals surface area contributed by atoms with Crippen molar-refractivity contribution in [2.45, 2.75) is 225 Å². The predicted molar refractivity (Wildman–Crippen MR) is 169 cm³/mol. The maximum atomic E-state index is 1.55. The van der Waals surface area contributed by atoms with Crippen molar-refractivity contribution in [3.63, 3.8) is 0 Å². The van der Waals surface area contributed by atoms with E-state index in [-0.39, 0.29) is 0 Å². The topological polar surface area (TPSA) is 0 Å². The van der Waals surface area contributed by atoms with Crippen LogP contribution in [0.3, 0.4) is 0 Å². The summed E-state index contributed by atoms with van der Waals surface area (Å²) >= 11 is 0. The molecule has 0 aromatic carbocycles. The summed E-state index contributed by atoms with van der Waals surface area (Å²) in [6.45, 7) is 0. The minimum Gasteiger partial charge on any atom is -0.0533 e. The van der Waals surface area contributed by atoms with Crippen molar-refractivity contribution in [1.29, 1.82) is 0 Å². The van der Waals surface area contributed by atoms with Gasteiger partial charge in [-0.3, -0.25) is 0 Å². The summed E-state index contributed by atoms with van der Waals surface area (Å²) in [6, 6.07) is 0. The summed E-state index contributed by atoms with van der Waals surface area (Å²) in [6.07, 6.45) is 53.1. The highest BCUT2D eigenvalue weighted by Crippen LogP contribution is 2.28. The summed E-state index contributed by atoms with van der Waals surface area (Å²) in [7, 11) is 0. The van der Waals surface area contributed by atoms with E-state index >= 15 is 0 Å². The Hall–Kier alpha value is 0.